The molecule has 0 aliphatic rings. The molecule has 0 aromatic carbocycles. The van der Waals surface area contributed by atoms with Crippen molar-refractivity contribution >= 4 is 17.7 Å². The molecule has 10 heavy (non-hydrogen) atoms. The molecule has 4 heteroatoms. The molecule has 0 bridgehead atoms. The summed E-state index contributed by atoms with van der Waals surface area (Å²) >= 11 is 0. The highest BCUT2D eigenvalue weighted by molar-refractivity contribution is 6.35. The SMILES string of the molecule is CCC(=O)C(=O)OC(C)=O. The Kier molecular flexibility index (Phi) is 3.32. The number of Topliss-reactive ketones (excluding diaryl/α,β-unsaturated/α-hetero) is 1. The van der Waals surface area contributed by atoms with Gasteiger partial charge < -0.3 is 4.74 Å². The lowest BCUT2D eigenvalue weighted by molar-refractivity contribution is -0.162. The van der Waals surface area contributed by atoms with Gasteiger partial charge in [0.15, 0.2) is 0 Å². The summed E-state index contributed by atoms with van der Waals surface area (Å²) in [6.45, 7) is 2.59. The average Bonchev–Trinajstić information content (AvgIpc) is 1.85. The lowest BCUT2D eigenvalue weighted by atomic mass is 10.3. The maximum absolute atomic E-state index is 10.4. The molecule has 4 nitrogen and oxygen atoms in total. The molecule has 0 rings (SSSR count). The van der Waals surface area contributed by atoms with Gasteiger partial charge in [-0.2, -0.15) is 0 Å². The van der Waals surface area contributed by atoms with Crippen LogP contribution in [0.2, 0.25) is 0 Å². The van der Waals surface area contributed by atoms with Crippen LogP contribution in [0.3, 0.4) is 0 Å². The van der Waals surface area contributed by atoms with E-state index in [0.717, 1.165) is 6.92 Å². The lowest BCUT2D eigenvalue weighted by Gasteiger charge is -1.94. The van der Waals surface area contributed by atoms with Crippen LogP contribution in [0.1, 0.15) is 20.3 Å². The van der Waals surface area contributed by atoms with Gasteiger partial charge in [0.2, 0.25) is 5.78 Å². The van der Waals surface area contributed by atoms with E-state index in [9.17, 15) is 14.4 Å². The van der Waals surface area contributed by atoms with Gasteiger partial charge in [0.25, 0.3) is 0 Å². The van der Waals surface area contributed by atoms with E-state index in [1.54, 1.807) is 0 Å². The van der Waals surface area contributed by atoms with Gasteiger partial charge in [-0.05, 0) is 0 Å². The summed E-state index contributed by atoms with van der Waals surface area (Å²) in [5, 5.41) is 0. The third kappa shape index (κ3) is 2.96. The third-order valence-corrected chi connectivity index (χ3v) is 0.785. The highest BCUT2D eigenvalue weighted by Gasteiger charge is 2.13. The maximum Gasteiger partial charge on any atom is 0.382 e. The Labute approximate surface area is 58.2 Å². The Morgan fingerprint density at radius 2 is 1.80 bits per heavy atom. The van der Waals surface area contributed by atoms with Crippen LogP contribution in [0.25, 0.3) is 0 Å². The summed E-state index contributed by atoms with van der Waals surface area (Å²) in [7, 11) is 0. The summed E-state index contributed by atoms with van der Waals surface area (Å²) in [4.78, 5) is 30.9. The minimum Gasteiger partial charge on any atom is -0.387 e. The summed E-state index contributed by atoms with van der Waals surface area (Å²) in [6, 6.07) is 0. The van der Waals surface area contributed by atoms with Gasteiger partial charge in [0.05, 0.1) is 0 Å². The Morgan fingerprint density at radius 3 is 2.10 bits per heavy atom. The molecule has 0 aliphatic heterocycles. The predicted octanol–water partition coefficient (Wildman–Crippen LogP) is 0.0552. The van der Waals surface area contributed by atoms with Crippen molar-refractivity contribution in [3.63, 3.8) is 0 Å². The normalized spacial score (nSPS) is 8.60. The number of rotatable bonds is 2. The van der Waals surface area contributed by atoms with Gasteiger partial charge in [-0.15, -0.1) is 0 Å². The first-order valence-electron chi connectivity index (χ1n) is 2.83. The van der Waals surface area contributed by atoms with Gasteiger partial charge in [0, 0.05) is 13.3 Å². The average molecular weight is 144 g/mol. The molecule has 0 N–H and O–H groups in total. The zero-order valence-electron chi connectivity index (χ0n) is 5.84. The summed E-state index contributed by atoms with van der Waals surface area (Å²) in [5.41, 5.74) is 0. The fourth-order valence-corrected chi connectivity index (χ4v) is 0.332. The van der Waals surface area contributed by atoms with E-state index in [0.29, 0.717) is 0 Å². The highest BCUT2D eigenvalue weighted by Crippen LogP contribution is 1.86. The van der Waals surface area contributed by atoms with E-state index < -0.39 is 17.7 Å². The van der Waals surface area contributed by atoms with Crippen LogP contribution in [0, 0.1) is 0 Å². The summed E-state index contributed by atoms with van der Waals surface area (Å²) < 4.78 is 3.98. The zero-order chi connectivity index (χ0) is 8.15. The smallest absolute Gasteiger partial charge is 0.382 e. The minimum absolute atomic E-state index is 0.0616. The molecule has 0 fully saturated rings. The van der Waals surface area contributed by atoms with Crippen LogP contribution < -0.4 is 0 Å². The topological polar surface area (TPSA) is 60.4 Å². The van der Waals surface area contributed by atoms with Crippen molar-refractivity contribution in [1.29, 1.82) is 0 Å². The Balaban J connectivity index is 3.86. The first kappa shape index (κ1) is 8.81. The van der Waals surface area contributed by atoms with Crippen LogP contribution in [0.4, 0.5) is 0 Å². The molecule has 0 aromatic heterocycles. The number of hydrogen-bond acceptors (Lipinski definition) is 4. The highest BCUT2D eigenvalue weighted by atomic mass is 16.6. The monoisotopic (exact) mass is 144 g/mol. The van der Waals surface area contributed by atoms with Crippen molar-refractivity contribution in [2.45, 2.75) is 20.3 Å². The van der Waals surface area contributed by atoms with Gasteiger partial charge in [0.1, 0.15) is 0 Å². The molecule has 0 spiro atoms. The molecule has 0 saturated heterocycles. The minimum atomic E-state index is -1.07. The van der Waals surface area contributed by atoms with E-state index in [4.69, 9.17) is 0 Å². The molecule has 0 aliphatic carbocycles. The molecule has 0 heterocycles. The van der Waals surface area contributed by atoms with Crippen LogP contribution in [0.15, 0.2) is 0 Å². The van der Waals surface area contributed by atoms with Crippen molar-refractivity contribution in [3.8, 4) is 0 Å². The van der Waals surface area contributed by atoms with Crippen molar-refractivity contribution in [3.05, 3.63) is 0 Å². The van der Waals surface area contributed by atoms with E-state index in [1.165, 1.54) is 6.92 Å². The standard InChI is InChI=1S/C6H8O4/c1-3-5(8)6(9)10-4(2)7/h3H2,1-2H3. The number of ether oxygens (including phenoxy) is 1. The lowest BCUT2D eigenvalue weighted by Crippen LogP contribution is -2.18. The van der Waals surface area contributed by atoms with E-state index in [1.807, 2.05) is 0 Å². The van der Waals surface area contributed by atoms with Gasteiger partial charge in [-0.25, -0.2) is 4.79 Å². The molecule has 0 aromatic rings. The maximum atomic E-state index is 10.4. The largest absolute Gasteiger partial charge is 0.387 e. The summed E-state index contributed by atoms with van der Waals surface area (Å²) in [6.07, 6.45) is 0.0616. The predicted molar refractivity (Wildman–Crippen MR) is 32.1 cm³/mol. The van der Waals surface area contributed by atoms with E-state index >= 15 is 0 Å². The molecule has 0 unspecified atom stereocenters. The second-order valence-electron chi connectivity index (χ2n) is 1.66. The number of esters is 2. The van der Waals surface area contributed by atoms with Crippen LogP contribution in [-0.4, -0.2) is 17.7 Å². The van der Waals surface area contributed by atoms with Crippen LogP contribution in [0.5, 0.6) is 0 Å². The van der Waals surface area contributed by atoms with Gasteiger partial charge in [-0.1, -0.05) is 6.92 Å². The summed E-state index contributed by atoms with van der Waals surface area (Å²) in [5.74, 6) is -2.52. The fraction of sp³-hybridized carbons (Fsp3) is 0.500. The van der Waals surface area contributed by atoms with Crippen molar-refractivity contribution in [2.24, 2.45) is 0 Å². The van der Waals surface area contributed by atoms with Gasteiger partial charge in [-0.3, -0.25) is 9.59 Å². The second-order valence-corrected chi connectivity index (χ2v) is 1.66. The molecule has 0 saturated carbocycles. The number of carbonyl (C=O) groups excluding carboxylic acids is 3. The Morgan fingerprint density at radius 1 is 1.30 bits per heavy atom. The first-order valence-corrected chi connectivity index (χ1v) is 2.83. The third-order valence-electron chi connectivity index (χ3n) is 0.785. The van der Waals surface area contributed by atoms with Gasteiger partial charge >= 0.3 is 11.9 Å². The molecule has 0 radical (unpaired) electrons. The molecule has 0 atom stereocenters. The molecule has 0 amide bonds. The molecule has 56 valence electrons. The second kappa shape index (κ2) is 3.76. The first-order chi connectivity index (χ1) is 4.57. The quantitative estimate of drug-likeness (QED) is 0.312. The van der Waals surface area contributed by atoms with Crippen molar-refractivity contribution < 1.29 is 19.1 Å². The number of ketones is 1. The van der Waals surface area contributed by atoms with Crippen LogP contribution in [-0.2, 0) is 19.1 Å². The van der Waals surface area contributed by atoms with Crippen molar-refractivity contribution in [2.75, 3.05) is 0 Å². The van der Waals surface area contributed by atoms with E-state index in [-0.39, 0.29) is 6.42 Å². The number of hydrogen-bond donors (Lipinski definition) is 0. The Hall–Kier alpha value is -1.19. The fourth-order valence-electron chi connectivity index (χ4n) is 0.332. The van der Waals surface area contributed by atoms with E-state index in [2.05, 4.69) is 4.74 Å². The van der Waals surface area contributed by atoms with Crippen LogP contribution >= 0.6 is 0 Å². The molecular formula is C6H8O4. The molecular weight excluding hydrogens is 136 g/mol. The van der Waals surface area contributed by atoms with Crippen molar-refractivity contribution in [1.82, 2.24) is 0 Å². The Bertz CT molecular complexity index is 171. The zero-order valence-corrected chi connectivity index (χ0v) is 5.84. The number of carbonyl (C=O) groups is 3.